The first kappa shape index (κ1) is 15.1. The third-order valence-corrected chi connectivity index (χ3v) is 4.50. The molecule has 0 bridgehead atoms. The molecule has 3 aromatic rings. The fourth-order valence-electron chi connectivity index (χ4n) is 2.15. The average Bonchev–Trinajstić information content (AvgIpc) is 2.91. The Bertz CT molecular complexity index is 824. The van der Waals surface area contributed by atoms with Crippen molar-refractivity contribution in [2.45, 2.75) is 6.10 Å². The van der Waals surface area contributed by atoms with Gasteiger partial charge in [-0.3, -0.25) is 4.98 Å². The van der Waals surface area contributed by atoms with E-state index in [4.69, 9.17) is 11.6 Å². The molecule has 0 saturated carbocycles. The minimum atomic E-state index is -0.765. The summed E-state index contributed by atoms with van der Waals surface area (Å²) in [6.45, 7) is 0.189. The maximum atomic E-state index is 13.7. The van der Waals surface area contributed by atoms with E-state index in [-0.39, 0.29) is 12.1 Å². The van der Waals surface area contributed by atoms with Gasteiger partial charge in [-0.15, -0.1) is 11.3 Å². The van der Waals surface area contributed by atoms with Crippen molar-refractivity contribution < 1.29 is 13.9 Å². The van der Waals surface area contributed by atoms with Crippen LogP contribution >= 0.6 is 22.9 Å². The van der Waals surface area contributed by atoms with E-state index in [0.29, 0.717) is 20.3 Å². The summed E-state index contributed by atoms with van der Waals surface area (Å²) >= 11 is 7.11. The summed E-state index contributed by atoms with van der Waals surface area (Å²) in [4.78, 5) is 4.63. The molecule has 1 aromatic carbocycles. The fourth-order valence-corrected chi connectivity index (χ4v) is 3.19. The van der Waals surface area contributed by atoms with Crippen LogP contribution in [-0.4, -0.2) is 16.6 Å². The molecule has 7 heteroatoms. The summed E-state index contributed by atoms with van der Waals surface area (Å²) in [5.41, 5.74) is 0.588. The minimum Gasteiger partial charge on any atom is -0.386 e. The molecule has 2 heterocycles. The molecule has 0 aliphatic rings. The number of rotatable bonds is 4. The van der Waals surface area contributed by atoms with Crippen molar-refractivity contribution >= 4 is 39.5 Å². The first-order valence-corrected chi connectivity index (χ1v) is 7.65. The molecule has 0 spiro atoms. The van der Waals surface area contributed by atoms with E-state index in [2.05, 4.69) is 10.3 Å². The number of aromatic nitrogens is 1. The minimum absolute atomic E-state index is 0.0834. The number of pyridine rings is 1. The van der Waals surface area contributed by atoms with Gasteiger partial charge in [0.15, 0.2) is 5.82 Å². The lowest BCUT2D eigenvalue weighted by Gasteiger charge is -2.13. The summed E-state index contributed by atoms with van der Waals surface area (Å²) in [5.74, 6) is -1.39. The Morgan fingerprint density at radius 2 is 2.09 bits per heavy atom. The third-order valence-electron chi connectivity index (χ3n) is 3.17. The summed E-state index contributed by atoms with van der Waals surface area (Å²) in [5, 5.41) is 13.4. The SMILES string of the molecule is OC(CNc1ccnc2c(F)cc(F)cc12)c1ccc(Cl)s1. The number of nitrogens with zero attached hydrogens (tertiary/aromatic N) is 1. The molecule has 0 aliphatic carbocycles. The van der Waals surface area contributed by atoms with Crippen molar-refractivity contribution in [1.82, 2.24) is 4.98 Å². The van der Waals surface area contributed by atoms with Gasteiger partial charge in [0.1, 0.15) is 17.4 Å². The van der Waals surface area contributed by atoms with E-state index in [0.717, 1.165) is 6.07 Å². The number of hydrogen-bond donors (Lipinski definition) is 2. The molecule has 1 unspecified atom stereocenters. The van der Waals surface area contributed by atoms with Crippen LogP contribution in [0.4, 0.5) is 14.5 Å². The van der Waals surface area contributed by atoms with Crippen molar-refractivity contribution in [3.05, 3.63) is 57.4 Å². The topological polar surface area (TPSA) is 45.1 Å². The second-order valence-corrected chi connectivity index (χ2v) is 6.43. The molecule has 3 nitrogen and oxygen atoms in total. The van der Waals surface area contributed by atoms with E-state index in [1.54, 1.807) is 18.2 Å². The van der Waals surface area contributed by atoms with Crippen molar-refractivity contribution in [3.8, 4) is 0 Å². The second-order valence-electron chi connectivity index (χ2n) is 4.68. The monoisotopic (exact) mass is 340 g/mol. The molecule has 1 atom stereocenters. The van der Waals surface area contributed by atoms with Gasteiger partial charge < -0.3 is 10.4 Å². The molecule has 0 fully saturated rings. The zero-order valence-electron chi connectivity index (χ0n) is 11.2. The smallest absolute Gasteiger partial charge is 0.152 e. The van der Waals surface area contributed by atoms with Crippen molar-refractivity contribution in [1.29, 1.82) is 0 Å². The Morgan fingerprint density at radius 1 is 1.27 bits per heavy atom. The summed E-state index contributed by atoms with van der Waals surface area (Å²) < 4.78 is 27.7. The number of fused-ring (bicyclic) bond motifs is 1. The highest BCUT2D eigenvalue weighted by Gasteiger charge is 2.13. The van der Waals surface area contributed by atoms with E-state index in [1.165, 1.54) is 23.6 Å². The molecule has 2 aromatic heterocycles. The lowest BCUT2D eigenvalue weighted by molar-refractivity contribution is 0.195. The van der Waals surface area contributed by atoms with Crippen LogP contribution in [-0.2, 0) is 0 Å². The summed E-state index contributed by atoms with van der Waals surface area (Å²) in [6, 6.07) is 7.06. The number of halogens is 3. The van der Waals surface area contributed by atoms with E-state index in [9.17, 15) is 13.9 Å². The fraction of sp³-hybridized carbons (Fsp3) is 0.133. The normalized spacial score (nSPS) is 12.5. The Kier molecular flexibility index (Phi) is 4.24. The third kappa shape index (κ3) is 3.04. The van der Waals surface area contributed by atoms with Crippen LogP contribution in [0.15, 0.2) is 36.5 Å². The standard InChI is InChI=1S/C15H11ClF2N2OS/c16-14-2-1-13(22-14)12(21)7-20-11-3-4-19-15-9(11)5-8(17)6-10(15)18/h1-6,12,21H,7H2,(H,19,20). The molecule has 114 valence electrons. The first-order chi connectivity index (χ1) is 10.5. The molecule has 0 saturated heterocycles. The molecule has 0 aliphatic heterocycles. The van der Waals surface area contributed by atoms with E-state index in [1.807, 2.05) is 0 Å². The Labute approximate surface area is 134 Å². The predicted molar refractivity (Wildman–Crippen MR) is 84.4 cm³/mol. The number of nitrogens with one attached hydrogen (secondary N) is 1. The highest BCUT2D eigenvalue weighted by Crippen LogP contribution is 2.29. The van der Waals surface area contributed by atoms with Crippen LogP contribution in [0.2, 0.25) is 4.34 Å². The van der Waals surface area contributed by atoms with Gasteiger partial charge in [-0.1, -0.05) is 11.6 Å². The van der Waals surface area contributed by atoms with Crippen molar-refractivity contribution in [2.24, 2.45) is 0 Å². The number of aliphatic hydroxyl groups excluding tert-OH is 1. The summed E-state index contributed by atoms with van der Waals surface area (Å²) in [6.07, 6.45) is 0.666. The van der Waals surface area contributed by atoms with Gasteiger partial charge in [0, 0.05) is 34.8 Å². The molecule has 22 heavy (non-hydrogen) atoms. The zero-order chi connectivity index (χ0) is 15.7. The van der Waals surface area contributed by atoms with E-state index < -0.39 is 17.7 Å². The summed E-state index contributed by atoms with van der Waals surface area (Å²) in [7, 11) is 0. The highest BCUT2D eigenvalue weighted by molar-refractivity contribution is 7.16. The predicted octanol–water partition coefficient (Wildman–Crippen LogP) is 4.37. The van der Waals surface area contributed by atoms with Crippen LogP contribution in [0.3, 0.4) is 0 Å². The first-order valence-electron chi connectivity index (χ1n) is 6.45. The van der Waals surface area contributed by atoms with Gasteiger partial charge in [0.25, 0.3) is 0 Å². The lowest BCUT2D eigenvalue weighted by Crippen LogP contribution is -2.11. The number of thiophene rings is 1. The van der Waals surface area contributed by atoms with Crippen molar-refractivity contribution in [2.75, 3.05) is 11.9 Å². The number of hydrogen-bond acceptors (Lipinski definition) is 4. The van der Waals surface area contributed by atoms with Gasteiger partial charge in [0.05, 0.1) is 4.34 Å². The van der Waals surface area contributed by atoms with E-state index >= 15 is 0 Å². The van der Waals surface area contributed by atoms with Crippen LogP contribution < -0.4 is 5.32 Å². The maximum absolute atomic E-state index is 13.7. The largest absolute Gasteiger partial charge is 0.386 e. The van der Waals surface area contributed by atoms with Gasteiger partial charge in [-0.05, 0) is 24.3 Å². The Balaban J connectivity index is 1.85. The molecule has 0 radical (unpaired) electrons. The van der Waals surface area contributed by atoms with Crippen LogP contribution in [0, 0.1) is 11.6 Å². The van der Waals surface area contributed by atoms with Gasteiger partial charge in [-0.25, -0.2) is 8.78 Å². The average molecular weight is 341 g/mol. The Morgan fingerprint density at radius 3 is 2.82 bits per heavy atom. The number of anilines is 1. The maximum Gasteiger partial charge on any atom is 0.152 e. The highest BCUT2D eigenvalue weighted by atomic mass is 35.5. The van der Waals surface area contributed by atoms with Crippen LogP contribution in [0.25, 0.3) is 10.9 Å². The quantitative estimate of drug-likeness (QED) is 0.741. The lowest BCUT2D eigenvalue weighted by atomic mass is 10.1. The molecule has 3 rings (SSSR count). The van der Waals surface area contributed by atoms with Crippen molar-refractivity contribution in [3.63, 3.8) is 0 Å². The molecular formula is C15H11ClF2N2OS. The second kappa shape index (κ2) is 6.16. The van der Waals surface area contributed by atoms with Gasteiger partial charge in [-0.2, -0.15) is 0 Å². The molecular weight excluding hydrogens is 330 g/mol. The van der Waals surface area contributed by atoms with Gasteiger partial charge in [0.2, 0.25) is 0 Å². The molecule has 0 amide bonds. The number of benzene rings is 1. The molecule has 2 N–H and O–H groups in total. The number of aliphatic hydroxyl groups is 1. The van der Waals surface area contributed by atoms with Crippen LogP contribution in [0.1, 0.15) is 11.0 Å². The Hall–Kier alpha value is -1.76. The van der Waals surface area contributed by atoms with Gasteiger partial charge >= 0.3 is 0 Å². The van der Waals surface area contributed by atoms with Crippen LogP contribution in [0.5, 0.6) is 0 Å². The zero-order valence-corrected chi connectivity index (χ0v) is 12.8.